The van der Waals surface area contributed by atoms with Crippen LogP contribution in [0.4, 0.5) is 0 Å². The minimum atomic E-state index is -1.33. The standard InChI is InChI=1S/C19H21N3O8S.Na.H/c1-3-29-19(28)14(21-6-4-5-7-21)15(24)20-12-16(25)22-13(18(26)27)11(8-30-10(2)23)9-31-17(12)22;;/h4-7,12,14,17H,3,8-9H2,1-2H3,(H,20,24)(H,26,27);;. The Morgan fingerprint density at radius 2 is 1.91 bits per heavy atom. The molecule has 2 N–H and O–H groups in total. The molecule has 168 valence electrons. The number of aromatic nitrogens is 1. The molecule has 2 aliphatic rings. The molecule has 0 aliphatic carbocycles. The monoisotopic (exact) mass is 475 g/mol. The van der Waals surface area contributed by atoms with Crippen molar-refractivity contribution in [1.29, 1.82) is 0 Å². The first-order chi connectivity index (χ1) is 14.8. The Bertz CT molecular complexity index is 948. The van der Waals surface area contributed by atoms with Crippen LogP contribution in [0.5, 0.6) is 0 Å². The van der Waals surface area contributed by atoms with Crippen molar-refractivity contribution >= 4 is 71.0 Å². The van der Waals surface area contributed by atoms with Crippen molar-refractivity contribution in [3.8, 4) is 0 Å². The molecule has 0 aromatic carbocycles. The maximum atomic E-state index is 12.8. The van der Waals surface area contributed by atoms with Gasteiger partial charge in [0.25, 0.3) is 11.8 Å². The molecule has 1 saturated heterocycles. The summed E-state index contributed by atoms with van der Waals surface area (Å²) < 4.78 is 11.2. The van der Waals surface area contributed by atoms with Crippen LogP contribution in [0, 0.1) is 0 Å². The minimum absolute atomic E-state index is 0. The van der Waals surface area contributed by atoms with Crippen LogP contribution in [0.3, 0.4) is 0 Å². The third kappa shape index (κ3) is 5.20. The number of aliphatic carboxylic acids is 1. The van der Waals surface area contributed by atoms with Crippen molar-refractivity contribution in [3.05, 3.63) is 35.8 Å². The zero-order valence-electron chi connectivity index (χ0n) is 16.8. The quantitative estimate of drug-likeness (QED) is 0.215. The molecule has 0 spiro atoms. The number of nitrogens with one attached hydrogen (secondary N) is 1. The van der Waals surface area contributed by atoms with Gasteiger partial charge in [-0.3, -0.25) is 19.3 Å². The van der Waals surface area contributed by atoms with Crippen LogP contribution < -0.4 is 5.32 Å². The molecule has 2 amide bonds. The van der Waals surface area contributed by atoms with Gasteiger partial charge in [-0.2, -0.15) is 0 Å². The third-order valence-corrected chi connectivity index (χ3v) is 6.02. The first-order valence-corrected chi connectivity index (χ1v) is 10.4. The van der Waals surface area contributed by atoms with Gasteiger partial charge in [0, 0.05) is 30.6 Å². The van der Waals surface area contributed by atoms with Gasteiger partial charge in [0.1, 0.15) is 23.7 Å². The van der Waals surface area contributed by atoms with Crippen molar-refractivity contribution in [1.82, 2.24) is 14.8 Å². The fourth-order valence-corrected chi connectivity index (χ4v) is 4.65. The number of carbonyl (C=O) groups is 5. The molecule has 32 heavy (non-hydrogen) atoms. The molecule has 1 aromatic rings. The Labute approximate surface area is 209 Å². The second-order valence-corrected chi connectivity index (χ2v) is 7.82. The Hall–Kier alpha value is -2.28. The summed E-state index contributed by atoms with van der Waals surface area (Å²) in [5, 5.41) is 11.5. The van der Waals surface area contributed by atoms with Crippen LogP contribution in [0.15, 0.2) is 35.8 Å². The van der Waals surface area contributed by atoms with E-state index in [1.165, 1.54) is 35.6 Å². The van der Waals surface area contributed by atoms with Crippen LogP contribution in [0.1, 0.15) is 19.9 Å². The van der Waals surface area contributed by atoms with E-state index < -0.39 is 47.2 Å². The predicted octanol–water partition coefficient (Wildman–Crippen LogP) is -0.754. The summed E-state index contributed by atoms with van der Waals surface area (Å²) in [7, 11) is 0. The van der Waals surface area contributed by atoms with Gasteiger partial charge >= 0.3 is 47.5 Å². The van der Waals surface area contributed by atoms with Gasteiger partial charge in [-0.05, 0) is 19.1 Å². The van der Waals surface area contributed by atoms with E-state index in [2.05, 4.69) is 5.32 Å². The molecule has 1 aromatic heterocycles. The molecule has 13 heteroatoms. The van der Waals surface area contributed by atoms with E-state index in [1.54, 1.807) is 19.1 Å². The molecule has 1 fully saturated rings. The fraction of sp³-hybridized carbons (Fsp3) is 0.421. The number of esters is 2. The first kappa shape index (κ1) is 26.0. The van der Waals surface area contributed by atoms with Gasteiger partial charge in [-0.25, -0.2) is 9.59 Å². The number of fused-ring (bicyclic) bond motifs is 1. The number of amides is 2. The van der Waals surface area contributed by atoms with Gasteiger partial charge in [-0.1, -0.05) is 0 Å². The van der Waals surface area contributed by atoms with Crippen LogP contribution in [-0.2, 0) is 33.4 Å². The first-order valence-electron chi connectivity index (χ1n) is 9.39. The molecule has 0 saturated carbocycles. The summed E-state index contributed by atoms with van der Waals surface area (Å²) in [6, 6.07) is 0.955. The number of carboxylic acid groups (broad SMARTS) is 1. The summed E-state index contributed by atoms with van der Waals surface area (Å²) >= 11 is 1.23. The fourth-order valence-electron chi connectivity index (χ4n) is 3.32. The van der Waals surface area contributed by atoms with Gasteiger partial charge in [0.05, 0.1) is 6.61 Å². The molecule has 3 unspecified atom stereocenters. The zero-order chi connectivity index (χ0) is 22.7. The van der Waals surface area contributed by atoms with Crippen LogP contribution in [0.2, 0.25) is 0 Å². The molecule has 3 heterocycles. The van der Waals surface area contributed by atoms with Crippen molar-refractivity contribution in [2.24, 2.45) is 0 Å². The van der Waals surface area contributed by atoms with Crippen molar-refractivity contribution < 1.29 is 38.6 Å². The molecular weight excluding hydrogens is 453 g/mol. The van der Waals surface area contributed by atoms with E-state index in [0.717, 1.165) is 4.90 Å². The number of thioether (sulfide) groups is 1. The van der Waals surface area contributed by atoms with Crippen molar-refractivity contribution in [3.63, 3.8) is 0 Å². The molecule has 0 bridgehead atoms. The van der Waals surface area contributed by atoms with Crippen molar-refractivity contribution in [2.75, 3.05) is 19.0 Å². The van der Waals surface area contributed by atoms with E-state index in [1.807, 2.05) is 0 Å². The number of hydrogen-bond acceptors (Lipinski definition) is 8. The zero-order valence-corrected chi connectivity index (χ0v) is 17.6. The molecule has 0 radical (unpaired) electrons. The van der Waals surface area contributed by atoms with Crippen LogP contribution >= 0.6 is 11.8 Å². The van der Waals surface area contributed by atoms with Gasteiger partial charge < -0.3 is 24.5 Å². The van der Waals surface area contributed by atoms with Crippen LogP contribution in [-0.4, -0.2) is 104 Å². The number of hydrogen-bond donors (Lipinski definition) is 2. The van der Waals surface area contributed by atoms with Gasteiger partial charge in [0.2, 0.25) is 6.04 Å². The number of carbonyl (C=O) groups excluding carboxylic acids is 4. The predicted molar refractivity (Wildman–Crippen MR) is 114 cm³/mol. The summed E-state index contributed by atoms with van der Waals surface area (Å²) in [6.07, 6.45) is 3.05. The number of rotatable bonds is 8. The summed E-state index contributed by atoms with van der Waals surface area (Å²) in [5.74, 6) is -3.83. The average molecular weight is 475 g/mol. The number of β-lactam (4-membered cyclic amide) rings is 1. The second-order valence-electron chi connectivity index (χ2n) is 6.72. The normalized spacial score (nSPS) is 20.3. The topological polar surface area (TPSA) is 144 Å². The number of carboxylic acids is 1. The Morgan fingerprint density at radius 1 is 1.25 bits per heavy atom. The molecule has 2 aliphatic heterocycles. The second kappa shape index (κ2) is 11.0. The van der Waals surface area contributed by atoms with Gasteiger partial charge in [-0.15, -0.1) is 11.8 Å². The molecule has 3 atom stereocenters. The van der Waals surface area contributed by atoms with E-state index >= 15 is 0 Å². The molecular formula is C19H22N3NaO8S. The SMILES string of the molecule is CCOC(=O)C(C(=O)NC1C(=O)N2C(C(=O)O)=C(COC(C)=O)CSC12)n1cccc1.[NaH]. The molecule has 3 rings (SSSR count). The Balaban J connectivity index is 0.00000363. The maximum absolute atomic E-state index is 12.8. The Kier molecular flexibility index (Phi) is 8.96. The molecule has 11 nitrogen and oxygen atoms in total. The van der Waals surface area contributed by atoms with Crippen LogP contribution in [0.25, 0.3) is 0 Å². The van der Waals surface area contributed by atoms with Crippen molar-refractivity contribution in [2.45, 2.75) is 31.3 Å². The number of ether oxygens (including phenoxy) is 2. The van der Waals surface area contributed by atoms with E-state index in [0.29, 0.717) is 5.57 Å². The van der Waals surface area contributed by atoms with Gasteiger partial charge in [0.15, 0.2) is 0 Å². The summed E-state index contributed by atoms with van der Waals surface area (Å²) in [6.45, 7) is 2.65. The van der Waals surface area contributed by atoms with E-state index in [-0.39, 0.29) is 54.2 Å². The average Bonchev–Trinajstić information content (AvgIpc) is 3.23. The number of nitrogens with zero attached hydrogens (tertiary/aromatic N) is 2. The third-order valence-electron chi connectivity index (χ3n) is 4.68. The summed E-state index contributed by atoms with van der Waals surface area (Å²) in [4.78, 5) is 61.7. The Morgan fingerprint density at radius 3 is 2.47 bits per heavy atom. The van der Waals surface area contributed by atoms with E-state index in [9.17, 15) is 29.1 Å². The summed E-state index contributed by atoms with van der Waals surface area (Å²) in [5.41, 5.74) is 0.0340. The van der Waals surface area contributed by atoms with E-state index in [4.69, 9.17) is 9.47 Å².